The van der Waals surface area contributed by atoms with Gasteiger partial charge in [-0.25, -0.2) is 23.4 Å². The molecule has 0 amide bonds. The van der Waals surface area contributed by atoms with Gasteiger partial charge in [0.2, 0.25) is 33.1 Å². The Labute approximate surface area is 554 Å². The molecule has 12 aromatic rings. The highest BCUT2D eigenvalue weighted by molar-refractivity contribution is 7.85. The molecular weight excluding hydrogens is 1240 g/mol. The van der Waals surface area contributed by atoms with Gasteiger partial charge in [-0.05, 0) is 86.1 Å². The molecule has 6 heterocycles. The lowest BCUT2D eigenvalue weighted by Gasteiger charge is -2.40. The predicted molar refractivity (Wildman–Crippen MR) is 374 cm³/mol. The first-order valence-electron chi connectivity index (χ1n) is 32.4. The molecule has 7 N–H and O–H groups in total. The highest BCUT2D eigenvalue weighted by atomic mass is 32.2. The van der Waals surface area contributed by atoms with Crippen LogP contribution in [0.3, 0.4) is 0 Å². The lowest BCUT2D eigenvalue weighted by molar-refractivity contribution is -0.647. The smallest absolute Gasteiger partial charge is 0.234 e. The normalized spacial score (nSPS) is 13.1. The molecule has 0 fully saturated rings. The number of hydrogen-bond acceptors (Lipinski definition) is 19. The van der Waals surface area contributed by atoms with Gasteiger partial charge in [0.25, 0.3) is 0 Å². The van der Waals surface area contributed by atoms with E-state index in [4.69, 9.17) is 15.0 Å². The number of hydrogen-bond donors (Lipinski definition) is 7. The summed E-state index contributed by atoms with van der Waals surface area (Å²) < 4.78 is 40.1. The van der Waals surface area contributed by atoms with Crippen LogP contribution in [0, 0.1) is 0 Å². The van der Waals surface area contributed by atoms with Crippen molar-refractivity contribution in [2.75, 3.05) is 121 Å². The van der Waals surface area contributed by atoms with Crippen molar-refractivity contribution in [2.24, 2.45) is 0 Å². The zero-order valence-corrected chi connectivity index (χ0v) is 54.0. The van der Waals surface area contributed by atoms with Gasteiger partial charge in [0.05, 0.1) is 105 Å². The molecule has 0 bridgehead atoms. The van der Waals surface area contributed by atoms with E-state index in [2.05, 4.69) is 66.0 Å². The van der Waals surface area contributed by atoms with Gasteiger partial charge in [-0.3, -0.25) is 0 Å². The third kappa shape index (κ3) is 12.2. The number of aliphatic hydroxyl groups excluding tert-OH is 7. The highest BCUT2D eigenvalue weighted by Crippen LogP contribution is 2.52. The SMILES string of the molecule is CCN1c2ccccc2N(CCO)c2cc3nc4ccccc4[n+](CCO)c3cc21.O=S(=O)([O-])CCCN1c2ccccc2N(CCO)c2cc3nc4ccccc4[n+](CCO)c3cc21.OCCN1c2ccccc2N(CCO)c2cc3c(cc21)nc1ccccc1[n+]3CCO. The summed E-state index contributed by atoms with van der Waals surface area (Å²) >= 11 is 0. The number of aromatic nitrogens is 6. The molecule has 22 nitrogen and oxygen atoms in total. The first-order chi connectivity index (χ1) is 46.9. The average molecular weight is 1310 g/mol. The second kappa shape index (κ2) is 28.3. The summed E-state index contributed by atoms with van der Waals surface area (Å²) in [4.78, 5) is 27.4. The van der Waals surface area contributed by atoms with E-state index >= 15 is 0 Å². The van der Waals surface area contributed by atoms with E-state index in [1.54, 1.807) is 0 Å². The number of para-hydroxylation sites is 12. The summed E-state index contributed by atoms with van der Waals surface area (Å²) in [5.74, 6) is -0.453. The molecule has 0 saturated carbocycles. The van der Waals surface area contributed by atoms with E-state index in [1.807, 2.05) is 166 Å². The summed E-state index contributed by atoms with van der Waals surface area (Å²) in [5, 5.41) is 68.4. The van der Waals surface area contributed by atoms with Gasteiger partial charge in [0, 0.05) is 81.4 Å². The van der Waals surface area contributed by atoms with E-state index in [0.29, 0.717) is 52.4 Å². The van der Waals surface area contributed by atoms with Gasteiger partial charge in [0.1, 0.15) is 52.9 Å². The molecule has 23 heteroatoms. The summed E-state index contributed by atoms with van der Waals surface area (Å²) in [6, 6.07) is 60.1. The van der Waals surface area contributed by atoms with E-state index in [9.17, 15) is 48.7 Å². The van der Waals surface area contributed by atoms with Crippen LogP contribution >= 0.6 is 0 Å². The van der Waals surface area contributed by atoms with Crippen molar-refractivity contribution >= 4 is 145 Å². The Hall–Kier alpha value is -9.79. The number of nitrogens with zero attached hydrogens (tertiary/aromatic N) is 12. The number of aliphatic hydroxyl groups is 7. The highest BCUT2D eigenvalue weighted by Gasteiger charge is 2.35. The van der Waals surface area contributed by atoms with Gasteiger partial charge >= 0.3 is 0 Å². The van der Waals surface area contributed by atoms with E-state index in [0.717, 1.165) is 141 Å². The second-order valence-electron chi connectivity index (χ2n) is 23.4. The number of rotatable bonds is 19. The van der Waals surface area contributed by atoms with E-state index < -0.39 is 15.9 Å². The van der Waals surface area contributed by atoms with Crippen LogP contribution in [-0.2, 0) is 29.8 Å². The Morgan fingerprint density at radius 2 is 0.583 bits per heavy atom. The van der Waals surface area contributed by atoms with Crippen molar-refractivity contribution < 1.29 is 62.4 Å². The summed E-state index contributed by atoms with van der Waals surface area (Å²) in [6.07, 6.45) is 0.171. The number of fused-ring (bicyclic) bond motifs is 12. The topological polar surface area (TPSA) is 269 Å². The molecule has 0 aliphatic carbocycles. The van der Waals surface area contributed by atoms with E-state index in [1.165, 1.54) is 0 Å². The Morgan fingerprint density at radius 1 is 0.323 bits per heavy atom. The second-order valence-corrected chi connectivity index (χ2v) is 24.9. The van der Waals surface area contributed by atoms with E-state index in [-0.39, 0.29) is 52.7 Å². The van der Waals surface area contributed by atoms with Crippen LogP contribution in [0.4, 0.5) is 68.2 Å². The van der Waals surface area contributed by atoms with Gasteiger partial charge in [0.15, 0.2) is 19.6 Å². The largest absolute Gasteiger partial charge is 0.748 e. The maximum atomic E-state index is 11.3. The van der Waals surface area contributed by atoms with Crippen molar-refractivity contribution in [1.82, 2.24) is 15.0 Å². The Morgan fingerprint density at radius 3 is 0.865 bits per heavy atom. The minimum absolute atomic E-state index is 0.0123. The Bertz CT molecular complexity index is 4990. The maximum absolute atomic E-state index is 11.3. The van der Waals surface area contributed by atoms with Crippen molar-refractivity contribution in [3.8, 4) is 0 Å². The fourth-order valence-electron chi connectivity index (χ4n) is 13.9. The summed E-state index contributed by atoms with van der Waals surface area (Å²) in [6.45, 7) is 6.46. The van der Waals surface area contributed by atoms with Gasteiger partial charge in [-0.15, -0.1) is 0 Å². The molecule has 96 heavy (non-hydrogen) atoms. The van der Waals surface area contributed by atoms with Crippen molar-refractivity contribution in [2.45, 2.75) is 33.0 Å². The molecule has 3 aliphatic rings. The first-order valence-corrected chi connectivity index (χ1v) is 33.9. The Kier molecular flexibility index (Phi) is 19.1. The van der Waals surface area contributed by atoms with Crippen LogP contribution in [0.15, 0.2) is 182 Å². The summed E-state index contributed by atoms with van der Waals surface area (Å²) in [7, 11) is -4.33. The molecule has 0 spiro atoms. The quantitative estimate of drug-likeness (QED) is 0.0232. The molecule has 3 aliphatic heterocycles. The molecule has 492 valence electrons. The maximum Gasteiger partial charge on any atom is 0.234 e. The van der Waals surface area contributed by atoms with Gasteiger partial charge < -0.3 is 69.7 Å². The fourth-order valence-corrected chi connectivity index (χ4v) is 14.4. The average Bonchev–Trinajstić information content (AvgIpc) is 0.745. The van der Waals surface area contributed by atoms with Crippen molar-refractivity contribution in [1.29, 1.82) is 0 Å². The molecule has 0 atom stereocenters. The third-order valence-electron chi connectivity index (χ3n) is 17.8. The van der Waals surface area contributed by atoms with Gasteiger partial charge in [-0.2, -0.15) is 13.7 Å². The lowest BCUT2D eigenvalue weighted by Crippen LogP contribution is -2.38. The standard InChI is InChI=1S/C25H26N4O5S.C24H25N4O3.C24H25N4O2/c30-13-11-28-20-7-2-1-6-18(20)26-19-16-24-25(17-23(19)28)27(10-5-15-35(32,33)34)21-8-3-4-9-22(21)29(24)12-14-31;29-12-9-26-19-6-2-1-5-17(19)25-18-15-23-24(16-22(18)26)28(11-14-31)21-8-4-3-7-20(21)27(23)10-13-30;1-2-26-20-9-5-6-10-21(20)28(12-14-30)23-15-18-22(16-24(23)26)27(11-13-29)19-8-4-3-7-17(19)25-18/h1-4,6-9,16-17,30-31H,5,10-15H2;1-8,15-16,29-31H,9-14H2;3-10,15-16,29-30H,2,11-14H2,1H3/q;2*+1. The predicted octanol–water partition coefficient (Wildman–Crippen LogP) is 7.70. The van der Waals surface area contributed by atoms with Gasteiger partial charge in [-0.1, -0.05) is 72.8 Å². The van der Waals surface area contributed by atoms with Crippen LogP contribution in [-0.4, -0.2) is 155 Å². The molecule has 3 aromatic heterocycles. The third-order valence-corrected chi connectivity index (χ3v) is 18.6. The molecule has 0 saturated heterocycles. The minimum atomic E-state index is -4.33. The van der Waals surface area contributed by atoms with Crippen LogP contribution in [0.2, 0.25) is 0 Å². The van der Waals surface area contributed by atoms with Crippen molar-refractivity contribution in [3.05, 3.63) is 182 Å². The number of benzene rings is 9. The van der Waals surface area contributed by atoms with Crippen LogP contribution in [0.1, 0.15) is 13.3 Å². The zero-order chi connectivity index (χ0) is 66.6. The molecular formula is C73H76N12O10S+2. The van der Waals surface area contributed by atoms with Crippen molar-refractivity contribution in [3.63, 3.8) is 0 Å². The monoisotopic (exact) mass is 1310 g/mol. The van der Waals surface area contributed by atoms with Crippen LogP contribution in [0.5, 0.6) is 0 Å². The molecule has 15 rings (SSSR count). The molecule has 0 radical (unpaired) electrons. The van der Waals surface area contributed by atoms with Crippen LogP contribution < -0.4 is 43.1 Å². The lowest BCUT2D eigenvalue weighted by atomic mass is 10.1. The molecule has 9 aromatic carbocycles. The molecule has 0 unspecified atom stereocenters. The fraction of sp³-hybridized carbons (Fsp3) is 0.260. The minimum Gasteiger partial charge on any atom is -0.748 e. The van der Waals surface area contributed by atoms with Crippen LogP contribution in [0.25, 0.3) is 66.2 Å². The zero-order valence-electron chi connectivity index (χ0n) is 53.2. The summed E-state index contributed by atoms with van der Waals surface area (Å²) in [5.41, 5.74) is 22.1. The number of β-amino-alcohol motifs (C(OH)–C–C–N with tert-alkyl or cyclic N) is 4. The Balaban J connectivity index is 0.000000131. The first kappa shape index (κ1) is 64.9. The number of anilines is 12.